The number of rotatable bonds is 3. The molecule has 0 amide bonds. The number of hydrogen-bond acceptors (Lipinski definition) is 2. The summed E-state index contributed by atoms with van der Waals surface area (Å²) < 4.78 is 25.7. The summed E-state index contributed by atoms with van der Waals surface area (Å²) in [6, 6.07) is 4.31. The second-order valence-electron chi connectivity index (χ2n) is 2.98. The normalized spacial score (nSPS) is 10.2. The fraction of sp³-hybridized carbons (Fsp3) is 0.200. The first-order chi connectivity index (χ1) is 7.47. The Balaban J connectivity index is 3.40. The van der Waals surface area contributed by atoms with Crippen molar-refractivity contribution in [2.75, 3.05) is 0 Å². The summed E-state index contributed by atoms with van der Waals surface area (Å²) in [5, 5.41) is 17.3. The molecule has 3 nitrogen and oxygen atoms in total. The maximum atomic E-state index is 12.7. The van der Waals surface area contributed by atoms with Gasteiger partial charge < -0.3 is 5.11 Å². The van der Waals surface area contributed by atoms with Crippen molar-refractivity contribution in [2.45, 2.75) is 12.8 Å². The van der Waals surface area contributed by atoms with Crippen LogP contribution in [0.25, 0.3) is 0 Å². The molecule has 84 valence electrons. The van der Waals surface area contributed by atoms with Crippen molar-refractivity contribution in [3.63, 3.8) is 0 Å². The Morgan fingerprint density at radius 2 is 2.19 bits per heavy atom. The van der Waals surface area contributed by atoms with E-state index in [1.165, 1.54) is 12.1 Å². The van der Waals surface area contributed by atoms with Gasteiger partial charge in [-0.3, -0.25) is 4.79 Å². The lowest BCUT2D eigenvalue weighted by molar-refractivity contribution is -0.136. The van der Waals surface area contributed by atoms with Crippen molar-refractivity contribution in [3.8, 4) is 6.07 Å². The number of carboxylic acid groups (broad SMARTS) is 1. The van der Waals surface area contributed by atoms with Gasteiger partial charge in [-0.1, -0.05) is 6.07 Å². The van der Waals surface area contributed by atoms with Crippen LogP contribution in [0.3, 0.4) is 0 Å². The van der Waals surface area contributed by atoms with Gasteiger partial charge >= 0.3 is 5.97 Å². The van der Waals surface area contributed by atoms with E-state index in [1.54, 1.807) is 6.07 Å². The van der Waals surface area contributed by atoms with Crippen LogP contribution in [0, 0.1) is 11.3 Å². The monoisotopic (exact) mass is 289 g/mol. The van der Waals surface area contributed by atoms with E-state index in [0.717, 1.165) is 0 Å². The van der Waals surface area contributed by atoms with Crippen LogP contribution < -0.4 is 0 Å². The van der Waals surface area contributed by atoms with Crippen molar-refractivity contribution in [1.82, 2.24) is 0 Å². The minimum Gasteiger partial charge on any atom is -0.481 e. The highest BCUT2D eigenvalue weighted by atomic mass is 79.9. The Bertz CT molecular complexity index is 469. The largest absolute Gasteiger partial charge is 0.481 e. The van der Waals surface area contributed by atoms with Gasteiger partial charge in [0.1, 0.15) is 6.07 Å². The van der Waals surface area contributed by atoms with E-state index in [0.29, 0.717) is 0 Å². The number of carboxylic acids is 1. The minimum atomic E-state index is -2.87. The highest BCUT2D eigenvalue weighted by molar-refractivity contribution is 9.10. The smallest absolute Gasteiger partial charge is 0.307 e. The molecule has 1 N–H and O–H groups in total. The van der Waals surface area contributed by atoms with Crippen LogP contribution in [-0.4, -0.2) is 11.1 Å². The van der Waals surface area contributed by atoms with Crippen molar-refractivity contribution in [3.05, 3.63) is 33.3 Å². The van der Waals surface area contributed by atoms with Crippen molar-refractivity contribution in [2.24, 2.45) is 0 Å². The molecule has 0 spiro atoms. The zero-order chi connectivity index (χ0) is 12.3. The summed E-state index contributed by atoms with van der Waals surface area (Å²) >= 11 is 2.97. The zero-order valence-electron chi connectivity index (χ0n) is 7.88. The first-order valence-corrected chi connectivity index (χ1v) is 4.98. The molecule has 0 aliphatic carbocycles. The molecule has 6 heteroatoms. The predicted octanol–water partition coefficient (Wildman–Crippen LogP) is 2.89. The van der Waals surface area contributed by atoms with Crippen LogP contribution in [0.1, 0.15) is 23.1 Å². The molecule has 1 rings (SSSR count). The summed E-state index contributed by atoms with van der Waals surface area (Å²) in [5.41, 5.74) is -0.768. The van der Waals surface area contributed by atoms with Gasteiger partial charge in [-0.25, -0.2) is 8.78 Å². The fourth-order valence-corrected chi connectivity index (χ4v) is 1.75. The molecule has 0 saturated carbocycles. The molecule has 0 heterocycles. The highest BCUT2D eigenvalue weighted by Crippen LogP contribution is 2.31. The molecule has 0 aromatic heterocycles. The van der Waals surface area contributed by atoms with Crippen molar-refractivity contribution < 1.29 is 18.7 Å². The van der Waals surface area contributed by atoms with Gasteiger partial charge in [-0.15, -0.1) is 0 Å². The summed E-state index contributed by atoms with van der Waals surface area (Å²) in [4.78, 5) is 10.5. The summed E-state index contributed by atoms with van der Waals surface area (Å²) in [6.07, 6.45) is -3.40. The van der Waals surface area contributed by atoms with Crippen molar-refractivity contribution in [1.29, 1.82) is 5.26 Å². The van der Waals surface area contributed by atoms with Crippen LogP contribution in [0.5, 0.6) is 0 Å². The molecular formula is C10H6BrF2NO2. The Labute approximate surface area is 98.4 Å². The highest BCUT2D eigenvalue weighted by Gasteiger charge is 2.21. The average molecular weight is 290 g/mol. The third-order valence-corrected chi connectivity index (χ3v) is 2.62. The third kappa shape index (κ3) is 2.55. The first-order valence-electron chi connectivity index (χ1n) is 4.18. The second kappa shape index (κ2) is 5.03. The van der Waals surface area contributed by atoms with Gasteiger partial charge in [0.15, 0.2) is 0 Å². The average Bonchev–Trinajstić information content (AvgIpc) is 2.18. The molecule has 0 saturated heterocycles. The van der Waals surface area contributed by atoms with Crippen LogP contribution in [0.15, 0.2) is 16.6 Å². The van der Waals surface area contributed by atoms with Gasteiger partial charge in [0.25, 0.3) is 6.43 Å². The minimum absolute atomic E-state index is 0.0396. The van der Waals surface area contributed by atoms with E-state index in [9.17, 15) is 13.6 Å². The molecule has 16 heavy (non-hydrogen) atoms. The van der Waals surface area contributed by atoms with E-state index in [-0.39, 0.29) is 15.6 Å². The molecule has 0 fully saturated rings. The van der Waals surface area contributed by atoms with E-state index in [1.807, 2.05) is 0 Å². The number of alkyl halides is 2. The molecule has 1 aromatic rings. The fourth-order valence-electron chi connectivity index (χ4n) is 1.32. The zero-order valence-corrected chi connectivity index (χ0v) is 9.46. The number of hydrogen-bond donors (Lipinski definition) is 1. The van der Waals surface area contributed by atoms with Crippen LogP contribution >= 0.6 is 15.9 Å². The quantitative estimate of drug-likeness (QED) is 0.931. The topological polar surface area (TPSA) is 61.1 Å². The lowest BCUT2D eigenvalue weighted by Crippen LogP contribution is -2.06. The number of aliphatic carboxylic acids is 1. The number of benzene rings is 1. The van der Waals surface area contributed by atoms with Crippen LogP contribution in [0.2, 0.25) is 0 Å². The molecule has 0 aliphatic heterocycles. The Morgan fingerprint density at radius 1 is 1.56 bits per heavy atom. The number of carbonyl (C=O) groups is 1. The van der Waals surface area contributed by atoms with E-state index < -0.39 is 24.4 Å². The van der Waals surface area contributed by atoms with Gasteiger partial charge in [0.2, 0.25) is 0 Å². The predicted molar refractivity (Wildman–Crippen MR) is 55.2 cm³/mol. The molecule has 0 radical (unpaired) electrons. The first kappa shape index (κ1) is 12.6. The lowest BCUT2D eigenvalue weighted by Gasteiger charge is -2.10. The maximum absolute atomic E-state index is 12.7. The Kier molecular flexibility index (Phi) is 3.96. The lowest BCUT2D eigenvalue weighted by atomic mass is 10.00. The number of nitriles is 1. The number of halogens is 3. The van der Waals surface area contributed by atoms with E-state index >= 15 is 0 Å². The summed E-state index contributed by atoms with van der Waals surface area (Å²) in [6.45, 7) is 0. The van der Waals surface area contributed by atoms with E-state index in [4.69, 9.17) is 10.4 Å². The summed E-state index contributed by atoms with van der Waals surface area (Å²) in [5.74, 6) is -1.21. The molecular weight excluding hydrogens is 284 g/mol. The van der Waals surface area contributed by atoms with Gasteiger partial charge in [-0.05, 0) is 27.6 Å². The standard InChI is InChI=1S/C10H6BrF2NO2/c11-7-2-1-5(3-8(15)16)9(10(12)13)6(7)4-14/h1-2,10H,3H2,(H,15,16). The van der Waals surface area contributed by atoms with E-state index in [2.05, 4.69) is 15.9 Å². The SMILES string of the molecule is N#Cc1c(Br)ccc(CC(=O)O)c1C(F)F. The van der Waals surface area contributed by atoms with Gasteiger partial charge in [0.05, 0.1) is 12.0 Å². The molecule has 1 aromatic carbocycles. The Hall–Kier alpha value is -1.48. The van der Waals surface area contributed by atoms with Crippen LogP contribution in [0.4, 0.5) is 8.78 Å². The third-order valence-electron chi connectivity index (χ3n) is 1.96. The van der Waals surface area contributed by atoms with Gasteiger partial charge in [-0.2, -0.15) is 5.26 Å². The van der Waals surface area contributed by atoms with Gasteiger partial charge in [0, 0.05) is 10.0 Å². The number of nitrogens with zero attached hydrogens (tertiary/aromatic N) is 1. The molecule has 0 unspecified atom stereocenters. The summed E-state index contributed by atoms with van der Waals surface area (Å²) in [7, 11) is 0. The second-order valence-corrected chi connectivity index (χ2v) is 3.83. The Morgan fingerprint density at radius 3 is 2.62 bits per heavy atom. The molecule has 0 bridgehead atoms. The maximum Gasteiger partial charge on any atom is 0.307 e. The van der Waals surface area contributed by atoms with Crippen molar-refractivity contribution >= 4 is 21.9 Å². The van der Waals surface area contributed by atoms with Crippen LogP contribution in [-0.2, 0) is 11.2 Å². The molecule has 0 aliphatic rings. The molecule has 0 atom stereocenters.